The number of piperazine rings is 1. The van der Waals surface area contributed by atoms with Gasteiger partial charge in [0.25, 0.3) is 0 Å². The van der Waals surface area contributed by atoms with Crippen molar-refractivity contribution in [3.05, 3.63) is 90.0 Å². The van der Waals surface area contributed by atoms with E-state index in [1.807, 2.05) is 78.9 Å². The first-order valence-corrected chi connectivity index (χ1v) is 11.4. The predicted molar refractivity (Wildman–Crippen MR) is 135 cm³/mol. The third kappa shape index (κ3) is 6.38. The molecule has 1 aliphatic rings. The Balaban J connectivity index is 1.25. The van der Waals surface area contributed by atoms with Crippen molar-refractivity contribution < 1.29 is 19.1 Å². The number of carbonyl (C=O) groups excluding carboxylic acids is 2. The maximum Gasteiger partial charge on any atom is 0.329 e. The Morgan fingerprint density at radius 2 is 1.69 bits per heavy atom. The standard InChI is InChI=1S/C27H28N4O4/c1-34-25-13-6-5-12-24(25)30-14-16-31(17-15-30)27(33)26(32)29-28-19-22-10-7-11-23(18-22)35-20-21-8-3-2-4-9-21/h2-13,18-19H,14-17,20H2,1H3,(H,29,32)/b28-19-. The fraction of sp³-hybridized carbons (Fsp3) is 0.222. The van der Waals surface area contributed by atoms with Gasteiger partial charge in [0.1, 0.15) is 18.1 Å². The van der Waals surface area contributed by atoms with Gasteiger partial charge in [-0.05, 0) is 35.4 Å². The highest BCUT2D eigenvalue weighted by Crippen LogP contribution is 2.28. The summed E-state index contributed by atoms with van der Waals surface area (Å²) in [5, 5.41) is 3.95. The molecule has 2 amide bonds. The first-order chi connectivity index (χ1) is 17.1. The van der Waals surface area contributed by atoms with Crippen molar-refractivity contribution in [2.45, 2.75) is 6.61 Å². The minimum Gasteiger partial charge on any atom is -0.495 e. The molecule has 0 bridgehead atoms. The fourth-order valence-corrected chi connectivity index (χ4v) is 3.82. The molecule has 8 heteroatoms. The summed E-state index contributed by atoms with van der Waals surface area (Å²) in [5.74, 6) is 0.118. The van der Waals surface area contributed by atoms with E-state index in [1.165, 1.54) is 11.1 Å². The van der Waals surface area contributed by atoms with Crippen molar-refractivity contribution in [2.24, 2.45) is 5.10 Å². The van der Waals surface area contributed by atoms with Gasteiger partial charge in [0.2, 0.25) is 0 Å². The number of methoxy groups -OCH3 is 1. The second-order valence-corrected chi connectivity index (χ2v) is 8.00. The van der Waals surface area contributed by atoms with Crippen LogP contribution in [0.2, 0.25) is 0 Å². The van der Waals surface area contributed by atoms with Gasteiger partial charge >= 0.3 is 11.8 Å². The van der Waals surface area contributed by atoms with E-state index in [0.29, 0.717) is 38.5 Å². The molecule has 0 unspecified atom stereocenters. The Morgan fingerprint density at radius 1 is 0.943 bits per heavy atom. The third-order valence-corrected chi connectivity index (χ3v) is 5.67. The zero-order valence-corrected chi connectivity index (χ0v) is 19.6. The molecule has 180 valence electrons. The number of rotatable bonds is 7. The zero-order valence-electron chi connectivity index (χ0n) is 19.6. The molecule has 0 radical (unpaired) electrons. The lowest BCUT2D eigenvalue weighted by atomic mass is 10.2. The number of anilines is 1. The number of hydrogen-bond acceptors (Lipinski definition) is 6. The van der Waals surface area contributed by atoms with E-state index in [-0.39, 0.29) is 0 Å². The van der Waals surface area contributed by atoms with Crippen molar-refractivity contribution in [3.63, 3.8) is 0 Å². The molecule has 3 aromatic rings. The molecule has 35 heavy (non-hydrogen) atoms. The van der Waals surface area contributed by atoms with Gasteiger partial charge in [0.15, 0.2) is 0 Å². The van der Waals surface area contributed by atoms with Crippen LogP contribution in [0.15, 0.2) is 84.0 Å². The Hall–Kier alpha value is -4.33. The van der Waals surface area contributed by atoms with Crippen molar-refractivity contribution in [2.75, 3.05) is 38.2 Å². The summed E-state index contributed by atoms with van der Waals surface area (Å²) in [5.41, 5.74) is 5.12. The minimum absolute atomic E-state index is 0.439. The number of benzene rings is 3. The normalized spacial score (nSPS) is 13.5. The molecule has 8 nitrogen and oxygen atoms in total. The SMILES string of the molecule is COc1ccccc1N1CCN(C(=O)C(=O)N/N=C\c2cccc(OCc3ccccc3)c2)CC1. The highest BCUT2D eigenvalue weighted by molar-refractivity contribution is 6.35. The van der Waals surface area contributed by atoms with Crippen LogP contribution in [0.1, 0.15) is 11.1 Å². The van der Waals surface area contributed by atoms with E-state index >= 15 is 0 Å². The van der Waals surface area contributed by atoms with Crippen molar-refractivity contribution >= 4 is 23.7 Å². The topological polar surface area (TPSA) is 83.5 Å². The summed E-state index contributed by atoms with van der Waals surface area (Å²) in [6.07, 6.45) is 1.49. The van der Waals surface area contributed by atoms with Gasteiger partial charge in [-0.2, -0.15) is 5.10 Å². The quantitative estimate of drug-likeness (QED) is 0.325. The number of amides is 2. The molecule has 1 heterocycles. The van der Waals surface area contributed by atoms with E-state index in [9.17, 15) is 9.59 Å². The van der Waals surface area contributed by atoms with Crippen molar-refractivity contribution in [3.8, 4) is 11.5 Å². The highest BCUT2D eigenvalue weighted by Gasteiger charge is 2.26. The van der Waals surface area contributed by atoms with Gasteiger partial charge in [-0.1, -0.05) is 54.6 Å². The Labute approximate surface area is 204 Å². The van der Waals surface area contributed by atoms with Crippen molar-refractivity contribution in [1.82, 2.24) is 10.3 Å². The van der Waals surface area contributed by atoms with Crippen LogP contribution in [-0.4, -0.2) is 56.2 Å². The van der Waals surface area contributed by atoms with Crippen LogP contribution in [0.5, 0.6) is 11.5 Å². The molecule has 4 rings (SSSR count). The number of carbonyl (C=O) groups is 2. The van der Waals surface area contributed by atoms with Gasteiger partial charge < -0.3 is 19.3 Å². The summed E-state index contributed by atoms with van der Waals surface area (Å²) in [6.45, 7) is 2.55. The molecular weight excluding hydrogens is 444 g/mol. The lowest BCUT2D eigenvalue weighted by Gasteiger charge is -2.36. The molecule has 1 saturated heterocycles. The van der Waals surface area contributed by atoms with Gasteiger partial charge in [0.05, 0.1) is 19.0 Å². The first kappa shape index (κ1) is 23.8. The summed E-state index contributed by atoms with van der Waals surface area (Å²) < 4.78 is 11.2. The maximum atomic E-state index is 12.6. The van der Waals surface area contributed by atoms with Gasteiger partial charge in [-0.3, -0.25) is 9.59 Å². The first-order valence-electron chi connectivity index (χ1n) is 11.4. The van der Waals surface area contributed by atoms with E-state index in [4.69, 9.17) is 9.47 Å². The Bertz CT molecular complexity index is 1170. The zero-order chi connectivity index (χ0) is 24.5. The number of hydrogen-bond donors (Lipinski definition) is 1. The number of nitrogens with one attached hydrogen (secondary N) is 1. The molecule has 0 spiro atoms. The number of nitrogens with zero attached hydrogens (tertiary/aromatic N) is 3. The average Bonchev–Trinajstić information content (AvgIpc) is 2.92. The lowest BCUT2D eigenvalue weighted by Crippen LogP contribution is -2.52. The van der Waals surface area contributed by atoms with Gasteiger partial charge in [-0.25, -0.2) is 5.43 Å². The van der Waals surface area contributed by atoms with E-state index < -0.39 is 11.8 Å². The monoisotopic (exact) mass is 472 g/mol. The predicted octanol–water partition coefficient (Wildman–Crippen LogP) is 3.07. The fourth-order valence-electron chi connectivity index (χ4n) is 3.82. The largest absolute Gasteiger partial charge is 0.495 e. The average molecular weight is 473 g/mol. The molecule has 0 aromatic heterocycles. The molecular formula is C27H28N4O4. The van der Waals surface area contributed by atoms with Crippen LogP contribution in [0, 0.1) is 0 Å². The molecule has 3 aromatic carbocycles. The van der Waals surface area contributed by atoms with Crippen LogP contribution in [0.3, 0.4) is 0 Å². The van der Waals surface area contributed by atoms with Crippen LogP contribution < -0.4 is 19.8 Å². The Kier molecular flexibility index (Phi) is 7.96. The molecule has 0 aliphatic carbocycles. The van der Waals surface area contributed by atoms with Gasteiger partial charge in [0, 0.05) is 26.2 Å². The van der Waals surface area contributed by atoms with E-state index in [1.54, 1.807) is 7.11 Å². The number of hydrazone groups is 1. The van der Waals surface area contributed by atoms with Crippen LogP contribution in [-0.2, 0) is 16.2 Å². The summed E-state index contributed by atoms with van der Waals surface area (Å²) in [7, 11) is 1.64. The second-order valence-electron chi connectivity index (χ2n) is 8.00. The number of para-hydroxylation sites is 2. The van der Waals surface area contributed by atoms with Gasteiger partial charge in [-0.15, -0.1) is 0 Å². The number of ether oxygens (including phenoxy) is 2. The lowest BCUT2D eigenvalue weighted by molar-refractivity contribution is -0.146. The summed E-state index contributed by atoms with van der Waals surface area (Å²) >= 11 is 0. The third-order valence-electron chi connectivity index (χ3n) is 5.67. The summed E-state index contributed by atoms with van der Waals surface area (Å²) in [6, 6.07) is 25.0. The molecule has 1 fully saturated rings. The van der Waals surface area contributed by atoms with E-state index in [0.717, 1.165) is 22.6 Å². The molecule has 1 N–H and O–H groups in total. The highest BCUT2D eigenvalue weighted by atomic mass is 16.5. The molecule has 0 saturated carbocycles. The van der Waals surface area contributed by atoms with Crippen molar-refractivity contribution in [1.29, 1.82) is 0 Å². The molecule has 1 aliphatic heterocycles. The Morgan fingerprint density at radius 3 is 2.46 bits per heavy atom. The van der Waals surface area contributed by atoms with Crippen LogP contribution in [0.4, 0.5) is 5.69 Å². The minimum atomic E-state index is -0.761. The van der Waals surface area contributed by atoms with E-state index in [2.05, 4.69) is 15.4 Å². The van der Waals surface area contributed by atoms with Crippen LogP contribution >= 0.6 is 0 Å². The smallest absolute Gasteiger partial charge is 0.329 e. The van der Waals surface area contributed by atoms with Crippen LogP contribution in [0.25, 0.3) is 0 Å². The maximum absolute atomic E-state index is 12.6. The summed E-state index contributed by atoms with van der Waals surface area (Å²) in [4.78, 5) is 28.6. The molecule has 0 atom stereocenters. The second kappa shape index (κ2) is 11.7.